The number of benzene rings is 8. The van der Waals surface area contributed by atoms with Crippen LogP contribution in [0.2, 0.25) is 0 Å². The van der Waals surface area contributed by atoms with Crippen molar-refractivity contribution in [2.24, 2.45) is 0 Å². The van der Waals surface area contributed by atoms with Crippen LogP contribution in [0.4, 0.5) is 17.1 Å². The molecule has 8 aromatic carbocycles. The molecule has 3 nitrogen and oxygen atoms in total. The van der Waals surface area contributed by atoms with Crippen molar-refractivity contribution in [1.29, 1.82) is 0 Å². The van der Waals surface area contributed by atoms with Crippen LogP contribution in [-0.2, 0) is 0 Å². The van der Waals surface area contributed by atoms with Gasteiger partial charge >= 0.3 is 0 Å². The number of fused-ring (bicyclic) bond motifs is 10. The highest BCUT2D eigenvalue weighted by Gasteiger charge is 2.22. The van der Waals surface area contributed by atoms with Gasteiger partial charge in [0.2, 0.25) is 0 Å². The molecule has 11 rings (SSSR count). The highest BCUT2D eigenvalue weighted by molar-refractivity contribution is 7.25. The van der Waals surface area contributed by atoms with Crippen molar-refractivity contribution in [2.75, 3.05) is 4.90 Å². The summed E-state index contributed by atoms with van der Waals surface area (Å²) in [6.07, 6.45) is 0. The van der Waals surface area contributed by atoms with E-state index in [9.17, 15) is 0 Å². The van der Waals surface area contributed by atoms with Crippen LogP contribution in [0.1, 0.15) is 0 Å². The predicted octanol–water partition coefficient (Wildman–Crippen LogP) is 13.7. The smallest absolute Gasteiger partial charge is 0.137 e. The SMILES string of the molecule is c1ccc(-n2c3ccccc3c3c(N(c4ccc5cc6sc7ccccc7c6cc5c4)c4ccc5c(c4)oc4ccccc45)cccc32)cc1. The Bertz CT molecular complexity index is 3110. The zero-order valence-electron chi connectivity index (χ0n) is 26.9. The fourth-order valence-electron chi connectivity index (χ4n) is 7.92. The van der Waals surface area contributed by atoms with Gasteiger partial charge in [0.15, 0.2) is 0 Å². The standard InChI is InChI=1S/C46H28N2OS/c1-2-11-31(12-3-1)48-39-16-7-4-15-37(39)46-40(17-10-18-41(46)48)47(33-23-24-35-34-13-5-8-19-42(34)49-43(35)28-33)32-22-21-29-27-45-38(26-30(29)25-32)36-14-6-9-20-44(36)50-45/h1-28H. The number of rotatable bonds is 4. The second kappa shape index (κ2) is 10.6. The summed E-state index contributed by atoms with van der Waals surface area (Å²) < 4.78 is 11.5. The maximum Gasteiger partial charge on any atom is 0.137 e. The van der Waals surface area contributed by atoms with Crippen LogP contribution in [0.5, 0.6) is 0 Å². The van der Waals surface area contributed by atoms with E-state index in [1.54, 1.807) is 0 Å². The lowest BCUT2D eigenvalue weighted by atomic mass is 10.0. The second-order valence-corrected chi connectivity index (χ2v) is 14.0. The Labute approximate surface area is 291 Å². The topological polar surface area (TPSA) is 21.3 Å². The van der Waals surface area contributed by atoms with Gasteiger partial charge in [-0.05, 0) is 89.6 Å². The van der Waals surface area contributed by atoms with E-state index in [0.29, 0.717) is 0 Å². The third-order valence-corrected chi connectivity index (χ3v) is 11.3. The van der Waals surface area contributed by atoms with Crippen LogP contribution in [0.25, 0.3) is 80.4 Å². The summed E-state index contributed by atoms with van der Waals surface area (Å²) in [4.78, 5) is 2.41. The molecule has 0 aliphatic carbocycles. The molecule has 50 heavy (non-hydrogen) atoms. The number of thiophene rings is 1. The molecule has 0 radical (unpaired) electrons. The van der Waals surface area contributed by atoms with Gasteiger partial charge < -0.3 is 13.9 Å². The molecule has 0 aliphatic rings. The lowest BCUT2D eigenvalue weighted by Crippen LogP contribution is -2.10. The number of furan rings is 1. The van der Waals surface area contributed by atoms with Gasteiger partial charge in [-0.25, -0.2) is 0 Å². The molecule has 4 heteroatoms. The first-order valence-electron chi connectivity index (χ1n) is 16.9. The first-order valence-corrected chi connectivity index (χ1v) is 17.7. The summed E-state index contributed by atoms with van der Waals surface area (Å²) in [7, 11) is 0. The maximum absolute atomic E-state index is 6.46. The second-order valence-electron chi connectivity index (χ2n) is 13.0. The minimum Gasteiger partial charge on any atom is -0.456 e. The van der Waals surface area contributed by atoms with E-state index >= 15 is 0 Å². The number of nitrogens with zero attached hydrogens (tertiary/aromatic N) is 2. The van der Waals surface area contributed by atoms with Crippen LogP contribution >= 0.6 is 11.3 Å². The van der Waals surface area contributed by atoms with Gasteiger partial charge in [-0.1, -0.05) is 84.9 Å². The van der Waals surface area contributed by atoms with Gasteiger partial charge in [-0.15, -0.1) is 11.3 Å². The molecule has 3 heterocycles. The highest BCUT2D eigenvalue weighted by Crippen LogP contribution is 2.46. The van der Waals surface area contributed by atoms with Crippen molar-refractivity contribution in [2.45, 2.75) is 0 Å². The van der Waals surface area contributed by atoms with Crippen molar-refractivity contribution in [3.05, 3.63) is 170 Å². The normalized spacial score (nSPS) is 12.0. The summed E-state index contributed by atoms with van der Waals surface area (Å²) in [5, 5.41) is 9.73. The molecule has 0 fully saturated rings. The molecule has 0 aliphatic heterocycles. The average molecular weight is 657 g/mol. The molecular formula is C46H28N2OS. The zero-order chi connectivity index (χ0) is 32.8. The molecule has 0 amide bonds. The predicted molar refractivity (Wildman–Crippen MR) is 213 cm³/mol. The third kappa shape index (κ3) is 4.03. The first-order chi connectivity index (χ1) is 24.8. The summed E-state index contributed by atoms with van der Waals surface area (Å²) >= 11 is 1.86. The molecule has 11 aromatic rings. The summed E-state index contributed by atoms with van der Waals surface area (Å²) in [5.41, 5.74) is 8.51. The summed E-state index contributed by atoms with van der Waals surface area (Å²) in [5.74, 6) is 0. The number of aromatic nitrogens is 1. The average Bonchev–Trinajstić information content (AvgIpc) is 3.83. The van der Waals surface area contributed by atoms with Crippen molar-refractivity contribution in [3.8, 4) is 5.69 Å². The first kappa shape index (κ1) is 27.6. The van der Waals surface area contributed by atoms with E-state index in [1.807, 2.05) is 23.5 Å². The Balaban J connectivity index is 1.21. The van der Waals surface area contributed by atoms with Gasteiger partial charge in [-0.3, -0.25) is 0 Å². The van der Waals surface area contributed by atoms with E-state index in [2.05, 4.69) is 167 Å². The fraction of sp³-hybridized carbons (Fsp3) is 0. The van der Waals surface area contributed by atoms with Crippen molar-refractivity contribution < 1.29 is 4.42 Å². The molecule has 0 unspecified atom stereocenters. The van der Waals surface area contributed by atoms with Crippen LogP contribution in [0, 0.1) is 0 Å². The summed E-state index contributed by atoms with van der Waals surface area (Å²) in [6.45, 7) is 0. The quantitative estimate of drug-likeness (QED) is 0.188. The fourth-order valence-corrected chi connectivity index (χ4v) is 9.05. The Morgan fingerprint density at radius 2 is 1.16 bits per heavy atom. The van der Waals surface area contributed by atoms with Gasteiger partial charge in [0.1, 0.15) is 11.2 Å². The zero-order valence-corrected chi connectivity index (χ0v) is 27.7. The molecule has 234 valence electrons. The monoisotopic (exact) mass is 656 g/mol. The van der Waals surface area contributed by atoms with Crippen LogP contribution in [-0.4, -0.2) is 4.57 Å². The summed E-state index contributed by atoms with van der Waals surface area (Å²) in [6, 6.07) is 61.3. The van der Waals surface area contributed by atoms with E-state index in [4.69, 9.17) is 4.42 Å². The minimum absolute atomic E-state index is 0.875. The van der Waals surface area contributed by atoms with Crippen LogP contribution in [0.15, 0.2) is 174 Å². The third-order valence-electron chi connectivity index (χ3n) is 10.1. The highest BCUT2D eigenvalue weighted by atomic mass is 32.1. The van der Waals surface area contributed by atoms with E-state index in [1.165, 1.54) is 47.2 Å². The maximum atomic E-state index is 6.46. The molecule has 0 saturated heterocycles. The van der Waals surface area contributed by atoms with Crippen molar-refractivity contribution in [1.82, 2.24) is 4.57 Å². The minimum atomic E-state index is 0.875. The van der Waals surface area contributed by atoms with E-state index in [-0.39, 0.29) is 0 Å². The van der Waals surface area contributed by atoms with Gasteiger partial charge in [0.25, 0.3) is 0 Å². The molecule has 0 atom stereocenters. The molecule has 0 spiro atoms. The molecule has 0 saturated carbocycles. The Morgan fingerprint density at radius 1 is 0.440 bits per heavy atom. The van der Waals surface area contributed by atoms with Crippen molar-refractivity contribution >= 4 is 103 Å². The number of para-hydroxylation sites is 3. The number of anilines is 3. The van der Waals surface area contributed by atoms with Crippen LogP contribution < -0.4 is 4.90 Å². The van der Waals surface area contributed by atoms with Gasteiger partial charge in [0, 0.05) is 64.8 Å². The largest absolute Gasteiger partial charge is 0.456 e. The lowest BCUT2D eigenvalue weighted by molar-refractivity contribution is 0.669. The van der Waals surface area contributed by atoms with Gasteiger partial charge in [-0.2, -0.15) is 0 Å². The molecule has 0 N–H and O–H groups in total. The van der Waals surface area contributed by atoms with Crippen molar-refractivity contribution in [3.63, 3.8) is 0 Å². The Morgan fingerprint density at radius 3 is 2.08 bits per heavy atom. The van der Waals surface area contributed by atoms with E-state index in [0.717, 1.165) is 50.2 Å². The molecular weight excluding hydrogens is 629 g/mol. The Hall–Kier alpha value is -6.36. The van der Waals surface area contributed by atoms with E-state index < -0.39 is 0 Å². The lowest BCUT2D eigenvalue weighted by Gasteiger charge is -2.27. The van der Waals surface area contributed by atoms with Gasteiger partial charge in [0.05, 0.1) is 16.7 Å². The number of hydrogen-bond donors (Lipinski definition) is 0. The molecule has 0 bridgehead atoms. The number of hydrogen-bond acceptors (Lipinski definition) is 3. The Kier molecular flexibility index (Phi) is 5.83. The van der Waals surface area contributed by atoms with Crippen LogP contribution in [0.3, 0.4) is 0 Å². The molecule has 3 aromatic heterocycles.